The predicted octanol–water partition coefficient (Wildman–Crippen LogP) is 1.73. The Morgan fingerprint density at radius 3 is 2.96 bits per heavy atom. The van der Waals surface area contributed by atoms with E-state index < -0.39 is 0 Å². The third-order valence-electron chi connectivity index (χ3n) is 3.87. The van der Waals surface area contributed by atoms with Gasteiger partial charge in [-0.05, 0) is 32.1 Å². The molecule has 7 nitrogen and oxygen atoms in total. The number of aromatic nitrogens is 3. The van der Waals surface area contributed by atoms with Crippen LogP contribution in [-0.4, -0.2) is 47.0 Å². The summed E-state index contributed by atoms with van der Waals surface area (Å²) in [5.41, 5.74) is 0. The highest BCUT2D eigenvalue weighted by molar-refractivity contribution is 5.79. The highest BCUT2D eigenvalue weighted by Gasteiger charge is 2.15. The zero-order valence-electron chi connectivity index (χ0n) is 15.3. The van der Waals surface area contributed by atoms with Crippen LogP contribution in [0.4, 0.5) is 0 Å². The van der Waals surface area contributed by atoms with Crippen LogP contribution in [0.15, 0.2) is 4.99 Å². The van der Waals surface area contributed by atoms with Crippen molar-refractivity contribution in [2.45, 2.75) is 59.5 Å². The van der Waals surface area contributed by atoms with Crippen LogP contribution in [0.5, 0.6) is 0 Å². The summed E-state index contributed by atoms with van der Waals surface area (Å²) in [7, 11) is 0. The maximum absolute atomic E-state index is 5.60. The van der Waals surface area contributed by atoms with Crippen LogP contribution < -0.4 is 10.6 Å². The third-order valence-corrected chi connectivity index (χ3v) is 3.87. The molecule has 1 aromatic heterocycles. The quantitative estimate of drug-likeness (QED) is 0.408. The molecule has 0 saturated heterocycles. The lowest BCUT2D eigenvalue weighted by molar-refractivity contribution is 0.108. The van der Waals surface area contributed by atoms with Gasteiger partial charge in [0.05, 0.1) is 0 Å². The van der Waals surface area contributed by atoms with Crippen LogP contribution in [0.1, 0.15) is 51.7 Å². The average Bonchev–Trinajstić information content (AvgIpc) is 2.98. The summed E-state index contributed by atoms with van der Waals surface area (Å²) in [6, 6.07) is 0. The number of fused-ring (bicyclic) bond motifs is 1. The largest absolute Gasteiger partial charge is 0.381 e. The number of aliphatic imine (C=N–C) groups is 1. The first-order chi connectivity index (χ1) is 11.7. The van der Waals surface area contributed by atoms with Crippen molar-refractivity contribution in [3.8, 4) is 0 Å². The van der Waals surface area contributed by atoms with Crippen molar-refractivity contribution < 1.29 is 4.74 Å². The van der Waals surface area contributed by atoms with Crippen LogP contribution in [0.25, 0.3) is 0 Å². The summed E-state index contributed by atoms with van der Waals surface area (Å²) in [5, 5.41) is 15.2. The van der Waals surface area contributed by atoms with Crippen molar-refractivity contribution in [3.05, 3.63) is 11.6 Å². The molecule has 24 heavy (non-hydrogen) atoms. The molecule has 0 spiro atoms. The molecule has 0 fully saturated rings. The molecule has 2 heterocycles. The summed E-state index contributed by atoms with van der Waals surface area (Å²) in [4.78, 5) is 4.64. The molecule has 1 aliphatic rings. The fourth-order valence-corrected chi connectivity index (χ4v) is 2.68. The number of rotatable bonds is 9. The number of guanidine groups is 1. The Balaban J connectivity index is 1.77. The normalized spacial score (nSPS) is 14.8. The molecule has 1 aliphatic heterocycles. The minimum absolute atomic E-state index is 0.562. The lowest BCUT2D eigenvalue weighted by atomic mass is 10.2. The Kier molecular flexibility index (Phi) is 8.01. The van der Waals surface area contributed by atoms with Crippen molar-refractivity contribution in [3.63, 3.8) is 0 Å². The first-order valence-electron chi connectivity index (χ1n) is 9.21. The lowest BCUT2D eigenvalue weighted by Gasteiger charge is -2.15. The molecule has 0 radical (unpaired) electrons. The molecule has 2 rings (SSSR count). The van der Waals surface area contributed by atoms with Crippen LogP contribution >= 0.6 is 0 Å². The molecular weight excluding hydrogens is 304 g/mol. The Bertz CT molecular complexity index is 511. The molecule has 1 aromatic rings. The van der Waals surface area contributed by atoms with E-state index in [9.17, 15) is 0 Å². The van der Waals surface area contributed by atoms with E-state index in [-0.39, 0.29) is 0 Å². The van der Waals surface area contributed by atoms with Crippen molar-refractivity contribution in [2.24, 2.45) is 10.9 Å². The van der Waals surface area contributed by atoms with E-state index in [0.29, 0.717) is 12.5 Å². The van der Waals surface area contributed by atoms with Gasteiger partial charge in [0.2, 0.25) is 0 Å². The van der Waals surface area contributed by atoms with Gasteiger partial charge >= 0.3 is 0 Å². The molecule has 2 N–H and O–H groups in total. The number of nitrogens with zero attached hydrogens (tertiary/aromatic N) is 4. The number of hydrogen-bond acceptors (Lipinski definition) is 4. The molecule has 0 amide bonds. The fourth-order valence-electron chi connectivity index (χ4n) is 2.68. The number of hydrogen-bond donors (Lipinski definition) is 2. The summed E-state index contributed by atoms with van der Waals surface area (Å²) >= 11 is 0. The summed E-state index contributed by atoms with van der Waals surface area (Å²) < 4.78 is 7.81. The zero-order valence-corrected chi connectivity index (χ0v) is 15.3. The van der Waals surface area contributed by atoms with E-state index >= 15 is 0 Å². The molecule has 0 unspecified atom stereocenters. The van der Waals surface area contributed by atoms with Crippen LogP contribution in [0.3, 0.4) is 0 Å². The highest BCUT2D eigenvalue weighted by Crippen LogP contribution is 2.14. The number of nitrogens with one attached hydrogen (secondary N) is 2. The molecule has 0 saturated carbocycles. The van der Waals surface area contributed by atoms with Gasteiger partial charge < -0.3 is 19.9 Å². The van der Waals surface area contributed by atoms with E-state index in [0.717, 1.165) is 63.3 Å². The van der Waals surface area contributed by atoms with E-state index in [2.05, 4.69) is 51.2 Å². The fraction of sp³-hybridized carbons (Fsp3) is 0.824. The highest BCUT2D eigenvalue weighted by atomic mass is 16.5. The van der Waals surface area contributed by atoms with Gasteiger partial charge in [-0.3, -0.25) is 0 Å². The van der Waals surface area contributed by atoms with Crippen LogP contribution in [0.2, 0.25) is 0 Å². The zero-order chi connectivity index (χ0) is 17.2. The minimum atomic E-state index is 0.562. The monoisotopic (exact) mass is 336 g/mol. The van der Waals surface area contributed by atoms with Gasteiger partial charge in [0.1, 0.15) is 12.4 Å². The topological polar surface area (TPSA) is 76.4 Å². The van der Waals surface area contributed by atoms with Gasteiger partial charge in [0.25, 0.3) is 0 Å². The molecule has 0 atom stereocenters. The van der Waals surface area contributed by atoms with E-state index in [1.165, 1.54) is 12.8 Å². The molecule has 7 heteroatoms. The smallest absolute Gasteiger partial charge is 0.191 e. The van der Waals surface area contributed by atoms with Crippen LogP contribution in [0, 0.1) is 5.92 Å². The maximum atomic E-state index is 5.60. The van der Waals surface area contributed by atoms with E-state index in [1.807, 2.05) is 0 Å². The molecule has 0 bridgehead atoms. The van der Waals surface area contributed by atoms with Crippen molar-refractivity contribution in [2.75, 3.05) is 26.3 Å². The SMILES string of the molecule is CCNC(=NCc1nnc2n1CCCC2)NCCCOCC(C)C. The Morgan fingerprint density at radius 1 is 1.29 bits per heavy atom. The van der Waals surface area contributed by atoms with E-state index in [1.54, 1.807) is 0 Å². The van der Waals surface area contributed by atoms with Crippen molar-refractivity contribution in [1.82, 2.24) is 25.4 Å². The molecular formula is C17H32N6O. The van der Waals surface area contributed by atoms with Crippen molar-refractivity contribution in [1.29, 1.82) is 0 Å². The summed E-state index contributed by atoms with van der Waals surface area (Å²) in [6.45, 7) is 11.3. The summed E-state index contributed by atoms with van der Waals surface area (Å²) in [6.07, 6.45) is 4.42. The Hall–Kier alpha value is -1.63. The molecule has 136 valence electrons. The van der Waals surface area contributed by atoms with Gasteiger partial charge in [0, 0.05) is 39.3 Å². The third kappa shape index (κ3) is 6.11. The first-order valence-corrected chi connectivity index (χ1v) is 9.21. The Morgan fingerprint density at radius 2 is 2.17 bits per heavy atom. The van der Waals surface area contributed by atoms with Gasteiger partial charge in [-0.1, -0.05) is 13.8 Å². The van der Waals surface area contributed by atoms with Gasteiger partial charge in [-0.25, -0.2) is 4.99 Å². The van der Waals surface area contributed by atoms with Gasteiger partial charge in [0.15, 0.2) is 11.8 Å². The van der Waals surface area contributed by atoms with Crippen molar-refractivity contribution >= 4 is 5.96 Å². The van der Waals surface area contributed by atoms with E-state index in [4.69, 9.17) is 4.74 Å². The predicted molar refractivity (Wildman–Crippen MR) is 96.1 cm³/mol. The first kappa shape index (κ1) is 18.7. The summed E-state index contributed by atoms with van der Waals surface area (Å²) in [5.74, 6) is 3.48. The number of ether oxygens (including phenoxy) is 1. The second-order valence-corrected chi connectivity index (χ2v) is 6.59. The second-order valence-electron chi connectivity index (χ2n) is 6.59. The Labute approximate surface area is 145 Å². The minimum Gasteiger partial charge on any atom is -0.381 e. The van der Waals surface area contributed by atoms with Gasteiger partial charge in [-0.2, -0.15) is 0 Å². The van der Waals surface area contributed by atoms with Gasteiger partial charge in [-0.15, -0.1) is 10.2 Å². The average molecular weight is 336 g/mol. The number of aryl methyl sites for hydroxylation is 1. The molecule has 0 aliphatic carbocycles. The van der Waals surface area contributed by atoms with Crippen LogP contribution in [-0.2, 0) is 24.2 Å². The molecule has 0 aromatic carbocycles. The maximum Gasteiger partial charge on any atom is 0.191 e. The second kappa shape index (κ2) is 10.3. The standard InChI is InChI=1S/C17H32N6O/c1-4-18-17(19-9-7-11-24-13-14(2)3)20-12-16-22-21-15-8-5-6-10-23(15)16/h14H,4-13H2,1-3H3,(H2,18,19,20). The lowest BCUT2D eigenvalue weighted by Crippen LogP contribution is -2.38.